The van der Waals surface area contributed by atoms with Crippen LogP contribution < -0.4 is 5.32 Å². The molecule has 0 unspecified atom stereocenters. The molecule has 0 saturated carbocycles. The summed E-state index contributed by atoms with van der Waals surface area (Å²) in [5.74, 6) is -0.0192. The fraction of sp³-hybridized carbons (Fsp3) is 0.346. The van der Waals surface area contributed by atoms with Crippen LogP contribution in [0.3, 0.4) is 0 Å². The summed E-state index contributed by atoms with van der Waals surface area (Å²) < 4.78 is 1.63. The molecule has 1 aromatic heterocycles. The summed E-state index contributed by atoms with van der Waals surface area (Å²) in [6.45, 7) is 11.7. The number of halogens is 2. The maximum absolute atomic E-state index is 13.2. The Morgan fingerprint density at radius 3 is 2.32 bits per heavy atom. The molecule has 1 N–H and O–H groups in total. The third-order valence-electron chi connectivity index (χ3n) is 5.47. The Morgan fingerprint density at radius 2 is 1.74 bits per heavy atom. The Labute approximate surface area is 210 Å². The summed E-state index contributed by atoms with van der Waals surface area (Å²) in [5.41, 5.74) is 2.67. The summed E-state index contributed by atoms with van der Waals surface area (Å²) in [6.07, 6.45) is 0. The molecule has 34 heavy (non-hydrogen) atoms. The molecule has 0 aliphatic heterocycles. The van der Waals surface area contributed by atoms with Crippen molar-refractivity contribution >= 4 is 40.8 Å². The molecule has 2 aromatic carbocycles. The number of amides is 2. The van der Waals surface area contributed by atoms with Crippen molar-refractivity contribution in [2.24, 2.45) is 0 Å². The predicted molar refractivity (Wildman–Crippen MR) is 138 cm³/mol. The molecule has 0 radical (unpaired) electrons. The van der Waals surface area contributed by atoms with Crippen molar-refractivity contribution in [3.05, 3.63) is 75.4 Å². The van der Waals surface area contributed by atoms with E-state index in [0.717, 1.165) is 11.3 Å². The lowest BCUT2D eigenvalue weighted by atomic mass is 9.92. The summed E-state index contributed by atoms with van der Waals surface area (Å²) in [7, 11) is 0. The Morgan fingerprint density at radius 1 is 1.06 bits per heavy atom. The van der Waals surface area contributed by atoms with E-state index in [1.54, 1.807) is 33.8 Å². The Hall–Kier alpha value is -2.83. The number of benzene rings is 2. The summed E-state index contributed by atoms with van der Waals surface area (Å²) >= 11 is 12.3. The van der Waals surface area contributed by atoms with Crippen LogP contribution in [0.5, 0.6) is 0 Å². The van der Waals surface area contributed by atoms with Gasteiger partial charge in [0.2, 0.25) is 5.91 Å². The molecule has 3 aromatic rings. The van der Waals surface area contributed by atoms with Gasteiger partial charge in [-0.15, -0.1) is 0 Å². The van der Waals surface area contributed by atoms with Gasteiger partial charge >= 0.3 is 0 Å². The maximum atomic E-state index is 13.2. The highest BCUT2D eigenvalue weighted by Gasteiger charge is 2.25. The lowest BCUT2D eigenvalue weighted by Crippen LogP contribution is -2.42. The standard InChI is InChI=1S/C26H30Cl2N4O2/c1-16(2)31(25(34)19-10-8-7-9-17(19)3)15-24(33)29-23-14-22(26(4,5)6)30-32(23)18-11-12-20(27)21(28)13-18/h7-14,16H,15H2,1-6H3,(H,29,33). The van der Waals surface area contributed by atoms with E-state index in [0.29, 0.717) is 27.1 Å². The van der Waals surface area contributed by atoms with Gasteiger partial charge in [-0.2, -0.15) is 5.10 Å². The zero-order valence-corrected chi connectivity index (χ0v) is 21.8. The van der Waals surface area contributed by atoms with Gasteiger partial charge in [0.15, 0.2) is 0 Å². The molecule has 3 rings (SSSR count). The van der Waals surface area contributed by atoms with Gasteiger partial charge in [-0.1, -0.05) is 62.2 Å². The molecule has 1 heterocycles. The van der Waals surface area contributed by atoms with E-state index >= 15 is 0 Å². The molecule has 0 saturated heterocycles. The van der Waals surface area contributed by atoms with Crippen molar-refractivity contribution in [2.75, 3.05) is 11.9 Å². The average molecular weight is 501 g/mol. The molecular weight excluding hydrogens is 471 g/mol. The Bertz CT molecular complexity index is 1210. The monoisotopic (exact) mass is 500 g/mol. The molecule has 0 fully saturated rings. The maximum Gasteiger partial charge on any atom is 0.254 e. The first-order valence-corrected chi connectivity index (χ1v) is 11.9. The number of rotatable bonds is 6. The average Bonchev–Trinajstić information content (AvgIpc) is 3.18. The smallest absolute Gasteiger partial charge is 0.254 e. The molecule has 2 amide bonds. The van der Waals surface area contributed by atoms with Crippen LogP contribution in [0, 0.1) is 6.92 Å². The molecule has 0 aliphatic rings. The van der Waals surface area contributed by atoms with Gasteiger partial charge in [0.05, 0.1) is 21.4 Å². The zero-order chi connectivity index (χ0) is 25.2. The summed E-state index contributed by atoms with van der Waals surface area (Å²) in [6, 6.07) is 14.2. The first-order chi connectivity index (χ1) is 15.9. The minimum atomic E-state index is -0.322. The van der Waals surface area contributed by atoms with Crippen molar-refractivity contribution < 1.29 is 9.59 Å². The van der Waals surface area contributed by atoms with E-state index in [1.807, 2.05) is 65.8 Å². The van der Waals surface area contributed by atoms with E-state index < -0.39 is 0 Å². The van der Waals surface area contributed by atoms with Crippen molar-refractivity contribution in [1.29, 1.82) is 0 Å². The van der Waals surface area contributed by atoms with Gasteiger partial charge in [-0.3, -0.25) is 9.59 Å². The van der Waals surface area contributed by atoms with Gasteiger partial charge in [0.1, 0.15) is 12.4 Å². The molecule has 0 atom stereocenters. The highest BCUT2D eigenvalue weighted by atomic mass is 35.5. The fourth-order valence-corrected chi connectivity index (χ4v) is 3.74. The third kappa shape index (κ3) is 5.80. The van der Waals surface area contributed by atoms with Gasteiger partial charge in [-0.05, 0) is 50.6 Å². The number of nitrogens with zero attached hydrogens (tertiary/aromatic N) is 3. The molecule has 8 heteroatoms. The van der Waals surface area contributed by atoms with Gasteiger partial charge in [0, 0.05) is 23.1 Å². The third-order valence-corrected chi connectivity index (χ3v) is 6.21. The van der Waals surface area contributed by atoms with E-state index in [1.165, 1.54) is 0 Å². The molecular formula is C26H30Cl2N4O2. The van der Waals surface area contributed by atoms with Gasteiger partial charge in [-0.25, -0.2) is 4.68 Å². The van der Waals surface area contributed by atoms with Gasteiger partial charge in [0.25, 0.3) is 5.91 Å². The minimum Gasteiger partial charge on any atom is -0.327 e. The topological polar surface area (TPSA) is 67.2 Å². The predicted octanol–water partition coefficient (Wildman–Crippen LogP) is 6.27. The van der Waals surface area contributed by atoms with E-state index in [4.69, 9.17) is 28.3 Å². The van der Waals surface area contributed by atoms with Crippen LogP contribution in [0.15, 0.2) is 48.5 Å². The van der Waals surface area contributed by atoms with Crippen LogP contribution in [0.25, 0.3) is 5.69 Å². The van der Waals surface area contributed by atoms with Crippen LogP contribution in [0.4, 0.5) is 5.82 Å². The summed E-state index contributed by atoms with van der Waals surface area (Å²) in [5, 5.41) is 8.46. The summed E-state index contributed by atoms with van der Waals surface area (Å²) in [4.78, 5) is 27.9. The van der Waals surface area contributed by atoms with Crippen LogP contribution >= 0.6 is 23.2 Å². The quantitative estimate of drug-likeness (QED) is 0.433. The largest absolute Gasteiger partial charge is 0.327 e. The lowest BCUT2D eigenvalue weighted by Gasteiger charge is -2.27. The number of hydrogen-bond donors (Lipinski definition) is 1. The lowest BCUT2D eigenvalue weighted by molar-refractivity contribution is -0.117. The van der Waals surface area contributed by atoms with Crippen LogP contribution in [0.2, 0.25) is 10.0 Å². The number of hydrogen-bond acceptors (Lipinski definition) is 3. The first-order valence-electron chi connectivity index (χ1n) is 11.1. The number of nitrogens with one attached hydrogen (secondary N) is 1. The SMILES string of the molecule is Cc1ccccc1C(=O)N(CC(=O)Nc1cc(C(C)(C)C)nn1-c1ccc(Cl)c(Cl)c1)C(C)C. The second-order valence-corrected chi connectivity index (χ2v) is 10.4. The highest BCUT2D eigenvalue weighted by molar-refractivity contribution is 6.42. The fourth-order valence-electron chi connectivity index (χ4n) is 3.44. The van der Waals surface area contributed by atoms with Crippen molar-refractivity contribution in [3.63, 3.8) is 0 Å². The van der Waals surface area contributed by atoms with Crippen molar-refractivity contribution in [3.8, 4) is 5.69 Å². The molecule has 180 valence electrons. The van der Waals surface area contributed by atoms with Crippen LogP contribution in [0.1, 0.15) is 56.2 Å². The van der Waals surface area contributed by atoms with Crippen molar-refractivity contribution in [2.45, 2.75) is 53.0 Å². The van der Waals surface area contributed by atoms with E-state index in [2.05, 4.69) is 5.32 Å². The Kier molecular flexibility index (Phi) is 7.74. The molecule has 0 aliphatic carbocycles. The minimum absolute atomic E-state index is 0.0950. The highest BCUT2D eigenvalue weighted by Crippen LogP contribution is 2.29. The second-order valence-electron chi connectivity index (χ2n) is 9.56. The normalized spacial score (nSPS) is 11.6. The number of anilines is 1. The van der Waals surface area contributed by atoms with E-state index in [9.17, 15) is 9.59 Å². The number of carbonyl (C=O) groups is 2. The Balaban J connectivity index is 1.90. The van der Waals surface area contributed by atoms with Crippen LogP contribution in [-0.4, -0.2) is 39.1 Å². The van der Waals surface area contributed by atoms with E-state index in [-0.39, 0.29) is 29.8 Å². The van der Waals surface area contributed by atoms with Crippen LogP contribution in [-0.2, 0) is 10.2 Å². The number of carbonyl (C=O) groups excluding carboxylic acids is 2. The molecule has 0 spiro atoms. The van der Waals surface area contributed by atoms with Crippen molar-refractivity contribution in [1.82, 2.24) is 14.7 Å². The first kappa shape index (κ1) is 25.8. The molecule has 0 bridgehead atoms. The number of aromatic nitrogens is 2. The number of aryl methyl sites for hydroxylation is 1. The van der Waals surface area contributed by atoms with Gasteiger partial charge < -0.3 is 10.2 Å². The molecule has 6 nitrogen and oxygen atoms in total. The second kappa shape index (κ2) is 10.2. The zero-order valence-electron chi connectivity index (χ0n) is 20.3.